The maximum absolute atomic E-state index is 11.2. The van der Waals surface area contributed by atoms with E-state index >= 15 is 0 Å². The van der Waals surface area contributed by atoms with Gasteiger partial charge in [-0.3, -0.25) is 15.0 Å². The molecular weight excluding hydrogens is 284 g/mol. The van der Waals surface area contributed by atoms with Gasteiger partial charge < -0.3 is 10.2 Å². The first-order valence-corrected chi connectivity index (χ1v) is 7.58. The van der Waals surface area contributed by atoms with E-state index in [9.17, 15) is 10.1 Å². The highest BCUT2D eigenvalue weighted by molar-refractivity contribution is 5.95. The first kappa shape index (κ1) is 13.5. The van der Waals surface area contributed by atoms with Crippen molar-refractivity contribution in [2.24, 2.45) is 11.0 Å². The van der Waals surface area contributed by atoms with Gasteiger partial charge in [-0.2, -0.15) is 5.10 Å². The largest absolute Gasteiger partial charge is 0.490 e. The zero-order valence-corrected chi connectivity index (χ0v) is 12.4. The molecule has 5 rings (SSSR count). The normalized spacial score (nSPS) is 32.1. The highest BCUT2D eigenvalue weighted by atomic mass is 16.6. The lowest BCUT2D eigenvalue weighted by Gasteiger charge is -2.45. The molecule has 0 spiro atoms. The van der Waals surface area contributed by atoms with Crippen LogP contribution in [0, 0.1) is 16.0 Å². The third kappa shape index (κ3) is 1.89. The first-order valence-electron chi connectivity index (χ1n) is 7.58. The van der Waals surface area contributed by atoms with Crippen molar-refractivity contribution >= 4 is 11.4 Å². The number of nitrogens with zero attached hydrogens (tertiary/aromatic N) is 3. The molecule has 0 saturated carbocycles. The van der Waals surface area contributed by atoms with Crippen molar-refractivity contribution in [3.8, 4) is 5.75 Å². The van der Waals surface area contributed by atoms with E-state index in [-0.39, 0.29) is 17.8 Å². The van der Waals surface area contributed by atoms with Crippen LogP contribution in [0.25, 0.3) is 0 Å². The lowest BCUT2D eigenvalue weighted by atomic mass is 9.78. The van der Waals surface area contributed by atoms with Gasteiger partial charge >= 0.3 is 5.69 Å². The Morgan fingerprint density at radius 2 is 2.18 bits per heavy atom. The zero-order chi connectivity index (χ0) is 15.3. The molecule has 3 saturated heterocycles. The van der Waals surface area contributed by atoms with Crippen molar-refractivity contribution in [2.75, 3.05) is 20.2 Å². The van der Waals surface area contributed by atoms with Crippen molar-refractivity contribution in [1.29, 1.82) is 0 Å². The number of hydrogen-bond donors (Lipinski definition) is 1. The Morgan fingerprint density at radius 1 is 1.41 bits per heavy atom. The van der Waals surface area contributed by atoms with Crippen LogP contribution in [0.15, 0.2) is 23.3 Å². The summed E-state index contributed by atoms with van der Waals surface area (Å²) < 4.78 is 5.08. The number of rotatable bonds is 3. The molecule has 4 aliphatic rings. The molecule has 0 radical (unpaired) electrons. The van der Waals surface area contributed by atoms with Crippen LogP contribution < -0.4 is 10.2 Å². The Balaban J connectivity index is 1.69. The van der Waals surface area contributed by atoms with Crippen LogP contribution in [0.3, 0.4) is 0 Å². The average molecular weight is 302 g/mol. The van der Waals surface area contributed by atoms with Crippen molar-refractivity contribution in [3.63, 3.8) is 0 Å². The van der Waals surface area contributed by atoms with Crippen LogP contribution in [-0.4, -0.2) is 41.8 Å². The molecule has 2 unspecified atom stereocenters. The molecule has 3 fully saturated rings. The highest BCUT2D eigenvalue weighted by Gasteiger charge is 2.47. The molecule has 0 aromatic heterocycles. The van der Waals surface area contributed by atoms with Crippen LogP contribution >= 0.6 is 0 Å². The Morgan fingerprint density at radius 3 is 2.86 bits per heavy atom. The molecule has 0 amide bonds. The molecule has 1 aromatic carbocycles. The van der Waals surface area contributed by atoms with Gasteiger partial charge in [-0.25, -0.2) is 0 Å². The number of fused-ring (bicyclic) bond motifs is 2. The van der Waals surface area contributed by atoms with E-state index in [2.05, 4.69) is 15.4 Å². The summed E-state index contributed by atoms with van der Waals surface area (Å²) in [7, 11) is 1.45. The number of hydrazone groups is 1. The number of nitro groups is 1. The van der Waals surface area contributed by atoms with Gasteiger partial charge in [0.1, 0.15) is 0 Å². The van der Waals surface area contributed by atoms with Crippen LogP contribution in [0.1, 0.15) is 24.4 Å². The molecule has 7 heteroatoms. The zero-order valence-electron chi connectivity index (χ0n) is 12.4. The number of methoxy groups -OCH3 is 1. The number of ether oxygens (including phenoxy) is 1. The standard InChI is InChI=1S/C15H18N4O3/c1-22-12-3-2-10(8-11(12)19(20)21)14-15-13(16-17-14)9-4-6-18(15)7-5-9/h2-3,8-9,14-15,17H,4-7H2,1H3. The van der Waals surface area contributed by atoms with Crippen LogP contribution in [0.2, 0.25) is 0 Å². The second kappa shape index (κ2) is 4.95. The molecule has 0 aliphatic carbocycles. The minimum Gasteiger partial charge on any atom is -0.490 e. The summed E-state index contributed by atoms with van der Waals surface area (Å²) in [6, 6.07) is 5.40. The molecule has 7 nitrogen and oxygen atoms in total. The summed E-state index contributed by atoms with van der Waals surface area (Å²) in [5, 5.41) is 15.8. The number of nitrogens with one attached hydrogen (secondary N) is 1. The van der Waals surface area contributed by atoms with E-state index in [0.29, 0.717) is 11.7 Å². The fourth-order valence-corrected chi connectivity index (χ4v) is 3.96. The number of hydrogen-bond acceptors (Lipinski definition) is 6. The van der Waals surface area contributed by atoms with E-state index in [4.69, 9.17) is 4.74 Å². The van der Waals surface area contributed by atoms with Crippen LogP contribution in [0.4, 0.5) is 5.69 Å². The van der Waals surface area contributed by atoms with Crippen molar-refractivity contribution in [3.05, 3.63) is 33.9 Å². The molecule has 4 aliphatic heterocycles. The Hall–Kier alpha value is -2.15. The summed E-state index contributed by atoms with van der Waals surface area (Å²) in [5.74, 6) is 0.860. The van der Waals surface area contributed by atoms with E-state index in [1.54, 1.807) is 12.1 Å². The molecule has 1 aromatic rings. The first-order chi connectivity index (χ1) is 10.7. The fourth-order valence-electron chi connectivity index (χ4n) is 3.96. The van der Waals surface area contributed by atoms with E-state index in [1.807, 2.05) is 6.07 Å². The summed E-state index contributed by atoms with van der Waals surface area (Å²) in [6.07, 6.45) is 2.35. The molecule has 116 valence electrons. The van der Waals surface area contributed by atoms with Gasteiger partial charge in [-0.05, 0) is 37.6 Å². The third-order valence-electron chi connectivity index (χ3n) is 5.05. The van der Waals surface area contributed by atoms with Gasteiger partial charge in [0, 0.05) is 12.0 Å². The molecule has 4 heterocycles. The monoisotopic (exact) mass is 302 g/mol. The molecule has 22 heavy (non-hydrogen) atoms. The maximum Gasteiger partial charge on any atom is 0.311 e. The molecule has 2 atom stereocenters. The predicted molar refractivity (Wildman–Crippen MR) is 81.0 cm³/mol. The topological polar surface area (TPSA) is 80.0 Å². The van der Waals surface area contributed by atoms with E-state index < -0.39 is 4.92 Å². The SMILES string of the molecule is COc1ccc(C2NN=C3C4CCN(CC4)C32)cc1[N+](=O)[O-]. The van der Waals surface area contributed by atoms with Crippen molar-refractivity contribution in [2.45, 2.75) is 24.9 Å². The van der Waals surface area contributed by atoms with Gasteiger partial charge in [0.05, 0.1) is 29.8 Å². The molecule has 1 N–H and O–H groups in total. The van der Waals surface area contributed by atoms with Gasteiger partial charge in [-0.15, -0.1) is 0 Å². The summed E-state index contributed by atoms with van der Waals surface area (Å²) >= 11 is 0. The maximum atomic E-state index is 11.2. The Bertz CT molecular complexity index is 652. The Labute approximate surface area is 128 Å². The smallest absolute Gasteiger partial charge is 0.311 e. The van der Waals surface area contributed by atoms with Gasteiger partial charge in [0.15, 0.2) is 5.75 Å². The number of nitro benzene ring substituents is 1. The fraction of sp³-hybridized carbons (Fsp3) is 0.533. The van der Waals surface area contributed by atoms with Crippen LogP contribution in [0.5, 0.6) is 5.75 Å². The number of benzene rings is 1. The Kier molecular flexibility index (Phi) is 3.04. The van der Waals surface area contributed by atoms with Gasteiger partial charge in [-0.1, -0.05) is 6.07 Å². The second-order valence-electron chi connectivity index (χ2n) is 6.09. The third-order valence-corrected chi connectivity index (χ3v) is 5.05. The minimum atomic E-state index is -0.396. The van der Waals surface area contributed by atoms with Crippen molar-refractivity contribution in [1.82, 2.24) is 10.3 Å². The lowest BCUT2D eigenvalue weighted by molar-refractivity contribution is -0.385. The van der Waals surface area contributed by atoms with Gasteiger partial charge in [0.25, 0.3) is 0 Å². The average Bonchev–Trinajstić information content (AvgIpc) is 3.02. The number of piperidine rings is 3. The predicted octanol–water partition coefficient (Wildman–Crippen LogP) is 1.70. The highest BCUT2D eigenvalue weighted by Crippen LogP contribution is 2.40. The van der Waals surface area contributed by atoms with E-state index in [1.165, 1.54) is 25.7 Å². The minimum absolute atomic E-state index is 0.00576. The van der Waals surface area contributed by atoms with E-state index in [0.717, 1.165) is 18.7 Å². The molecular formula is C15H18N4O3. The summed E-state index contributed by atoms with van der Waals surface area (Å²) in [6.45, 7) is 2.18. The van der Waals surface area contributed by atoms with Gasteiger partial charge in [0.2, 0.25) is 0 Å². The lowest BCUT2D eigenvalue weighted by Crippen LogP contribution is -2.56. The van der Waals surface area contributed by atoms with Crippen LogP contribution in [-0.2, 0) is 0 Å². The van der Waals surface area contributed by atoms with Crippen molar-refractivity contribution < 1.29 is 9.66 Å². The second-order valence-corrected chi connectivity index (χ2v) is 6.09. The summed E-state index contributed by atoms with van der Waals surface area (Å²) in [4.78, 5) is 13.3. The summed E-state index contributed by atoms with van der Waals surface area (Å²) in [5.41, 5.74) is 5.32. The quantitative estimate of drug-likeness (QED) is 0.679. The molecule has 2 bridgehead atoms.